The van der Waals surface area contributed by atoms with Gasteiger partial charge in [-0.3, -0.25) is 9.78 Å². The molecule has 20 heavy (non-hydrogen) atoms. The molecule has 0 aliphatic carbocycles. The lowest BCUT2D eigenvalue weighted by Gasteiger charge is -2.04. The van der Waals surface area contributed by atoms with Crippen LogP contribution in [0.3, 0.4) is 0 Å². The van der Waals surface area contributed by atoms with Crippen molar-refractivity contribution < 1.29 is 0 Å². The van der Waals surface area contributed by atoms with Gasteiger partial charge in [-0.1, -0.05) is 23.7 Å². The van der Waals surface area contributed by atoms with Gasteiger partial charge in [0.05, 0.1) is 11.8 Å². The molecule has 0 aliphatic rings. The highest BCUT2D eigenvalue weighted by molar-refractivity contribution is 6.30. The van der Waals surface area contributed by atoms with Gasteiger partial charge in [0.15, 0.2) is 0 Å². The molecule has 2 heterocycles. The van der Waals surface area contributed by atoms with E-state index >= 15 is 0 Å². The molecule has 0 fully saturated rings. The van der Waals surface area contributed by atoms with Crippen LogP contribution in [0, 0.1) is 6.92 Å². The lowest BCUT2D eigenvalue weighted by molar-refractivity contribution is 0.782. The van der Waals surface area contributed by atoms with Gasteiger partial charge in [-0.25, -0.2) is 0 Å². The molecule has 0 aliphatic heterocycles. The van der Waals surface area contributed by atoms with Crippen molar-refractivity contribution in [1.29, 1.82) is 0 Å². The first kappa shape index (κ1) is 12.7. The molecule has 0 saturated heterocycles. The van der Waals surface area contributed by atoms with E-state index in [0.29, 0.717) is 10.8 Å². The minimum Gasteiger partial charge on any atom is -0.383 e. The predicted octanol–water partition coefficient (Wildman–Crippen LogP) is 3.02. The normalized spacial score (nSPS) is 10.9. The van der Waals surface area contributed by atoms with Gasteiger partial charge in [-0.2, -0.15) is 10.2 Å². The molecule has 2 aromatic heterocycles. The Morgan fingerprint density at radius 1 is 1.25 bits per heavy atom. The number of hydrogen-bond acceptors (Lipinski definition) is 3. The summed E-state index contributed by atoms with van der Waals surface area (Å²) >= 11 is 5.94. The number of aromatic amines is 1. The zero-order valence-electron chi connectivity index (χ0n) is 11.2. The number of rotatable bonds is 2. The number of nitrogens with two attached hydrogens (primary N) is 1. The lowest BCUT2D eigenvalue weighted by atomic mass is 10.0. The second-order valence-corrected chi connectivity index (χ2v) is 5.08. The Labute approximate surface area is 121 Å². The van der Waals surface area contributed by atoms with Gasteiger partial charge in [0.25, 0.3) is 0 Å². The van der Waals surface area contributed by atoms with Gasteiger partial charge in [0.2, 0.25) is 0 Å². The summed E-state index contributed by atoms with van der Waals surface area (Å²) in [4.78, 5) is 0. The van der Waals surface area contributed by atoms with E-state index in [4.69, 9.17) is 17.3 Å². The number of aromatic nitrogens is 4. The maximum Gasteiger partial charge on any atom is 0.129 e. The topological polar surface area (TPSA) is 72.5 Å². The van der Waals surface area contributed by atoms with E-state index in [1.807, 2.05) is 38.2 Å². The highest BCUT2D eigenvalue weighted by atomic mass is 35.5. The monoisotopic (exact) mass is 287 g/mol. The smallest absolute Gasteiger partial charge is 0.129 e. The van der Waals surface area contributed by atoms with E-state index in [9.17, 15) is 0 Å². The van der Waals surface area contributed by atoms with Crippen LogP contribution >= 0.6 is 11.6 Å². The van der Waals surface area contributed by atoms with Crippen molar-refractivity contribution in [3.8, 4) is 22.4 Å². The van der Waals surface area contributed by atoms with Crippen molar-refractivity contribution in [1.82, 2.24) is 20.0 Å². The SMILES string of the molecule is Cc1[nH]ncc1-c1nn(C)c(N)c1-c1ccc(Cl)cc1. The Morgan fingerprint density at radius 2 is 1.95 bits per heavy atom. The summed E-state index contributed by atoms with van der Waals surface area (Å²) < 4.78 is 1.67. The minimum absolute atomic E-state index is 0.614. The first-order valence-electron chi connectivity index (χ1n) is 6.16. The van der Waals surface area contributed by atoms with E-state index in [1.165, 1.54) is 0 Å². The largest absolute Gasteiger partial charge is 0.383 e. The molecule has 0 saturated carbocycles. The molecule has 6 heteroatoms. The quantitative estimate of drug-likeness (QED) is 0.761. The summed E-state index contributed by atoms with van der Waals surface area (Å²) in [6.45, 7) is 1.96. The van der Waals surface area contributed by atoms with E-state index in [-0.39, 0.29) is 0 Å². The maximum atomic E-state index is 6.17. The average Bonchev–Trinajstić information content (AvgIpc) is 2.96. The van der Waals surface area contributed by atoms with Gasteiger partial charge in [-0.15, -0.1) is 0 Å². The van der Waals surface area contributed by atoms with Crippen molar-refractivity contribution in [2.24, 2.45) is 7.05 Å². The second-order valence-electron chi connectivity index (χ2n) is 4.65. The van der Waals surface area contributed by atoms with Crippen LogP contribution in [0.25, 0.3) is 22.4 Å². The van der Waals surface area contributed by atoms with E-state index in [1.54, 1.807) is 10.9 Å². The van der Waals surface area contributed by atoms with Gasteiger partial charge >= 0.3 is 0 Å². The summed E-state index contributed by atoms with van der Waals surface area (Å²) in [7, 11) is 1.83. The van der Waals surface area contributed by atoms with Crippen LogP contribution in [0.4, 0.5) is 5.82 Å². The zero-order chi connectivity index (χ0) is 14.3. The number of aryl methyl sites for hydroxylation is 2. The van der Waals surface area contributed by atoms with Crippen molar-refractivity contribution in [3.63, 3.8) is 0 Å². The van der Waals surface area contributed by atoms with E-state index < -0.39 is 0 Å². The van der Waals surface area contributed by atoms with Crippen molar-refractivity contribution in [2.75, 3.05) is 5.73 Å². The molecule has 3 rings (SSSR count). The molecule has 3 aromatic rings. The number of hydrogen-bond donors (Lipinski definition) is 2. The third-order valence-corrected chi connectivity index (χ3v) is 3.56. The summed E-state index contributed by atoms with van der Waals surface area (Å²) in [6.07, 6.45) is 1.76. The summed E-state index contributed by atoms with van der Waals surface area (Å²) in [5, 5.41) is 12.2. The van der Waals surface area contributed by atoms with Crippen LogP contribution in [0.15, 0.2) is 30.5 Å². The van der Waals surface area contributed by atoms with Crippen LogP contribution in [-0.4, -0.2) is 20.0 Å². The Kier molecular flexibility index (Phi) is 2.99. The summed E-state index contributed by atoms with van der Waals surface area (Å²) in [5.74, 6) is 0.614. The molecule has 0 amide bonds. The zero-order valence-corrected chi connectivity index (χ0v) is 11.9. The summed E-state index contributed by atoms with van der Waals surface area (Å²) in [5.41, 5.74) is 10.8. The first-order chi connectivity index (χ1) is 9.58. The molecule has 5 nitrogen and oxygen atoms in total. The fourth-order valence-electron chi connectivity index (χ4n) is 2.22. The predicted molar refractivity (Wildman–Crippen MR) is 80.4 cm³/mol. The highest BCUT2D eigenvalue weighted by Gasteiger charge is 2.19. The molecule has 0 unspecified atom stereocenters. The highest BCUT2D eigenvalue weighted by Crippen LogP contribution is 2.36. The Hall–Kier alpha value is -2.27. The van der Waals surface area contributed by atoms with Crippen molar-refractivity contribution in [3.05, 3.63) is 41.2 Å². The Morgan fingerprint density at radius 3 is 2.55 bits per heavy atom. The standard InChI is InChI=1S/C14H14ClN5/c1-8-11(7-17-18-8)13-12(14(16)20(2)19-13)9-3-5-10(15)6-4-9/h3-7H,16H2,1-2H3,(H,17,18). The van der Waals surface area contributed by atoms with Crippen molar-refractivity contribution in [2.45, 2.75) is 6.92 Å². The fourth-order valence-corrected chi connectivity index (χ4v) is 2.34. The molecular formula is C14H14ClN5. The van der Waals surface area contributed by atoms with Gasteiger partial charge in [-0.05, 0) is 24.6 Å². The molecule has 102 valence electrons. The third kappa shape index (κ3) is 1.96. The molecular weight excluding hydrogens is 274 g/mol. The number of H-pyrrole nitrogens is 1. The molecule has 1 aromatic carbocycles. The molecule has 3 N–H and O–H groups in total. The number of nitrogens with one attached hydrogen (secondary N) is 1. The molecule has 0 atom stereocenters. The third-order valence-electron chi connectivity index (χ3n) is 3.31. The van der Waals surface area contributed by atoms with Gasteiger partial charge in [0.1, 0.15) is 11.5 Å². The van der Waals surface area contributed by atoms with Crippen LogP contribution in [0.5, 0.6) is 0 Å². The van der Waals surface area contributed by atoms with Crippen LogP contribution in [-0.2, 0) is 7.05 Å². The van der Waals surface area contributed by atoms with E-state index in [0.717, 1.165) is 28.1 Å². The maximum absolute atomic E-state index is 6.17. The lowest BCUT2D eigenvalue weighted by Crippen LogP contribution is -1.97. The molecule has 0 spiro atoms. The molecule has 0 bridgehead atoms. The first-order valence-corrected chi connectivity index (χ1v) is 6.54. The van der Waals surface area contributed by atoms with Crippen LogP contribution < -0.4 is 5.73 Å². The van der Waals surface area contributed by atoms with Crippen LogP contribution in [0.2, 0.25) is 5.02 Å². The van der Waals surface area contributed by atoms with Gasteiger partial charge < -0.3 is 5.73 Å². The number of anilines is 1. The minimum atomic E-state index is 0.614. The van der Waals surface area contributed by atoms with E-state index in [2.05, 4.69) is 15.3 Å². The number of halogens is 1. The Bertz CT molecular complexity index is 754. The van der Waals surface area contributed by atoms with Crippen molar-refractivity contribution >= 4 is 17.4 Å². The Balaban J connectivity index is 2.25. The average molecular weight is 288 g/mol. The number of nitrogen functional groups attached to an aromatic ring is 1. The summed E-state index contributed by atoms with van der Waals surface area (Å²) in [6, 6.07) is 7.56. The number of nitrogens with zero attached hydrogens (tertiary/aromatic N) is 3. The van der Waals surface area contributed by atoms with Crippen LogP contribution in [0.1, 0.15) is 5.69 Å². The molecule has 0 radical (unpaired) electrons. The fraction of sp³-hybridized carbons (Fsp3) is 0.143. The number of benzene rings is 1. The second kappa shape index (κ2) is 4.68. The van der Waals surface area contributed by atoms with Gasteiger partial charge in [0, 0.05) is 23.3 Å².